The zero-order valence-electron chi connectivity index (χ0n) is 11.6. The van der Waals surface area contributed by atoms with Crippen LogP contribution in [0.4, 0.5) is 0 Å². The first-order valence-corrected chi connectivity index (χ1v) is 6.92. The molecule has 3 rings (SSSR count). The first-order valence-electron chi connectivity index (χ1n) is 6.92. The molecule has 2 aromatic rings. The fourth-order valence-corrected chi connectivity index (χ4v) is 2.45. The first-order chi connectivity index (χ1) is 9.74. The third-order valence-corrected chi connectivity index (χ3v) is 3.55. The molecule has 0 saturated heterocycles. The van der Waals surface area contributed by atoms with Gasteiger partial charge in [-0.05, 0) is 36.2 Å². The Labute approximate surface area is 119 Å². The van der Waals surface area contributed by atoms with Crippen molar-refractivity contribution in [2.45, 2.75) is 26.0 Å². The molecular formula is C17H19NO2. The molecule has 20 heavy (non-hydrogen) atoms. The van der Waals surface area contributed by atoms with Crippen LogP contribution in [0, 0.1) is 6.92 Å². The number of hydrogen-bond donors (Lipinski definition) is 1. The van der Waals surface area contributed by atoms with E-state index < -0.39 is 0 Å². The van der Waals surface area contributed by atoms with Crippen molar-refractivity contribution in [3.63, 3.8) is 0 Å². The largest absolute Gasteiger partial charge is 0.490 e. The lowest BCUT2D eigenvalue weighted by Crippen LogP contribution is -2.22. The average Bonchev–Trinajstić information content (AvgIpc) is 2.87. The Bertz CT molecular complexity index is 592. The Morgan fingerprint density at radius 3 is 2.75 bits per heavy atom. The van der Waals surface area contributed by atoms with Crippen LogP contribution in [0.25, 0.3) is 0 Å². The maximum atomic E-state index is 5.88. The van der Waals surface area contributed by atoms with Gasteiger partial charge in [-0.1, -0.05) is 29.8 Å². The Kier molecular flexibility index (Phi) is 3.61. The number of rotatable bonds is 4. The van der Waals surface area contributed by atoms with Gasteiger partial charge in [0.25, 0.3) is 0 Å². The normalized spacial score (nSPS) is 16.6. The first kappa shape index (κ1) is 13.0. The molecule has 1 unspecified atom stereocenters. The predicted molar refractivity (Wildman–Crippen MR) is 79.1 cm³/mol. The van der Waals surface area contributed by atoms with E-state index in [9.17, 15) is 0 Å². The van der Waals surface area contributed by atoms with Crippen LogP contribution in [0.3, 0.4) is 0 Å². The van der Waals surface area contributed by atoms with Crippen LogP contribution in [0.15, 0.2) is 42.5 Å². The summed E-state index contributed by atoms with van der Waals surface area (Å²) in [5.41, 5.74) is 9.23. The molecule has 0 radical (unpaired) electrons. The van der Waals surface area contributed by atoms with Gasteiger partial charge in [0.2, 0.25) is 0 Å². The molecular weight excluding hydrogens is 250 g/mol. The van der Waals surface area contributed by atoms with Crippen molar-refractivity contribution in [3.05, 3.63) is 59.2 Å². The number of hydrogen-bond acceptors (Lipinski definition) is 3. The molecule has 0 fully saturated rings. The van der Waals surface area contributed by atoms with E-state index in [0.29, 0.717) is 13.2 Å². The Morgan fingerprint density at radius 2 is 2.00 bits per heavy atom. The molecule has 0 saturated carbocycles. The molecule has 1 aliphatic rings. The second kappa shape index (κ2) is 5.55. The molecule has 0 spiro atoms. The monoisotopic (exact) mass is 269 g/mol. The zero-order valence-corrected chi connectivity index (χ0v) is 11.6. The van der Waals surface area contributed by atoms with Crippen LogP contribution in [-0.4, -0.2) is 12.7 Å². The molecule has 0 aliphatic carbocycles. The number of benzene rings is 2. The number of aryl methyl sites for hydroxylation is 1. The highest BCUT2D eigenvalue weighted by molar-refractivity contribution is 5.40. The zero-order chi connectivity index (χ0) is 13.9. The lowest BCUT2D eigenvalue weighted by molar-refractivity contribution is 0.148. The minimum absolute atomic E-state index is 0.0981. The minimum atomic E-state index is 0.0981. The fourth-order valence-electron chi connectivity index (χ4n) is 2.45. The maximum absolute atomic E-state index is 5.88. The van der Waals surface area contributed by atoms with E-state index in [1.54, 1.807) is 0 Å². The van der Waals surface area contributed by atoms with Crippen LogP contribution >= 0.6 is 0 Å². The summed E-state index contributed by atoms with van der Waals surface area (Å²) >= 11 is 0. The van der Waals surface area contributed by atoms with Crippen LogP contribution in [0.2, 0.25) is 0 Å². The molecule has 0 bridgehead atoms. The van der Waals surface area contributed by atoms with Crippen molar-refractivity contribution in [2.75, 3.05) is 6.61 Å². The molecule has 1 heterocycles. The predicted octanol–water partition coefficient (Wildman–Crippen LogP) is 2.84. The second-order valence-electron chi connectivity index (χ2n) is 5.21. The molecule has 3 nitrogen and oxygen atoms in total. The summed E-state index contributed by atoms with van der Waals surface area (Å²) in [6.45, 7) is 3.22. The van der Waals surface area contributed by atoms with E-state index in [4.69, 9.17) is 15.2 Å². The highest BCUT2D eigenvalue weighted by Crippen LogP contribution is 2.29. The van der Waals surface area contributed by atoms with Crippen molar-refractivity contribution in [3.8, 4) is 11.5 Å². The summed E-state index contributed by atoms with van der Waals surface area (Å²) in [5, 5.41) is 0. The molecule has 1 aliphatic heterocycles. The van der Waals surface area contributed by atoms with Crippen LogP contribution in [0.1, 0.15) is 16.7 Å². The summed E-state index contributed by atoms with van der Waals surface area (Å²) in [6, 6.07) is 14.2. The Hall–Kier alpha value is -2.00. The number of ether oxygens (including phenoxy) is 2. The topological polar surface area (TPSA) is 44.5 Å². The molecule has 0 amide bonds. The van der Waals surface area contributed by atoms with Gasteiger partial charge in [-0.2, -0.15) is 0 Å². The summed E-state index contributed by atoms with van der Waals surface area (Å²) in [6.07, 6.45) is 1.01. The van der Waals surface area contributed by atoms with Gasteiger partial charge in [-0.3, -0.25) is 0 Å². The molecule has 3 heteroatoms. The standard InChI is InChI=1S/C17H19NO2/c1-12-2-7-17-14(8-12)9-16(20-17)11-19-15-5-3-13(10-18)4-6-15/h2-8,16H,9-11,18H2,1H3. The smallest absolute Gasteiger partial charge is 0.137 e. The molecule has 104 valence electrons. The van der Waals surface area contributed by atoms with E-state index in [0.717, 1.165) is 23.5 Å². The second-order valence-corrected chi connectivity index (χ2v) is 5.21. The fraction of sp³-hybridized carbons (Fsp3) is 0.294. The van der Waals surface area contributed by atoms with Crippen LogP contribution < -0.4 is 15.2 Å². The van der Waals surface area contributed by atoms with Gasteiger partial charge in [0.1, 0.15) is 24.2 Å². The van der Waals surface area contributed by atoms with E-state index in [2.05, 4.69) is 19.1 Å². The third kappa shape index (κ3) is 2.78. The highest BCUT2D eigenvalue weighted by Gasteiger charge is 2.23. The average molecular weight is 269 g/mol. The summed E-state index contributed by atoms with van der Waals surface area (Å²) < 4.78 is 11.7. The minimum Gasteiger partial charge on any atom is -0.490 e. The molecule has 1 atom stereocenters. The lowest BCUT2D eigenvalue weighted by atomic mass is 10.1. The number of fused-ring (bicyclic) bond motifs is 1. The maximum Gasteiger partial charge on any atom is 0.137 e. The van der Waals surface area contributed by atoms with Gasteiger partial charge in [0.05, 0.1) is 0 Å². The van der Waals surface area contributed by atoms with Gasteiger partial charge in [0.15, 0.2) is 0 Å². The van der Waals surface area contributed by atoms with E-state index in [1.165, 1.54) is 11.1 Å². The van der Waals surface area contributed by atoms with Crippen molar-refractivity contribution in [1.29, 1.82) is 0 Å². The summed E-state index contributed by atoms with van der Waals surface area (Å²) in [4.78, 5) is 0. The highest BCUT2D eigenvalue weighted by atomic mass is 16.5. The van der Waals surface area contributed by atoms with Gasteiger partial charge in [0, 0.05) is 13.0 Å². The summed E-state index contributed by atoms with van der Waals surface area (Å²) in [7, 11) is 0. The van der Waals surface area contributed by atoms with E-state index in [1.807, 2.05) is 30.3 Å². The van der Waals surface area contributed by atoms with Gasteiger partial charge in [-0.15, -0.1) is 0 Å². The molecule has 2 N–H and O–H groups in total. The molecule has 0 aromatic heterocycles. The third-order valence-electron chi connectivity index (χ3n) is 3.55. The lowest BCUT2D eigenvalue weighted by Gasteiger charge is -2.12. The van der Waals surface area contributed by atoms with Crippen molar-refractivity contribution in [2.24, 2.45) is 5.73 Å². The quantitative estimate of drug-likeness (QED) is 0.928. The van der Waals surface area contributed by atoms with Gasteiger partial charge >= 0.3 is 0 Å². The SMILES string of the molecule is Cc1ccc2c(c1)CC(COc1ccc(CN)cc1)O2. The van der Waals surface area contributed by atoms with E-state index >= 15 is 0 Å². The van der Waals surface area contributed by atoms with Gasteiger partial charge in [-0.25, -0.2) is 0 Å². The van der Waals surface area contributed by atoms with Crippen molar-refractivity contribution in [1.82, 2.24) is 0 Å². The Balaban J connectivity index is 1.58. The molecule has 2 aromatic carbocycles. The van der Waals surface area contributed by atoms with E-state index in [-0.39, 0.29) is 6.10 Å². The van der Waals surface area contributed by atoms with Crippen molar-refractivity contribution < 1.29 is 9.47 Å². The van der Waals surface area contributed by atoms with Crippen LogP contribution in [0.5, 0.6) is 11.5 Å². The summed E-state index contributed by atoms with van der Waals surface area (Å²) in [5.74, 6) is 1.85. The Morgan fingerprint density at radius 1 is 1.20 bits per heavy atom. The van der Waals surface area contributed by atoms with Crippen LogP contribution in [-0.2, 0) is 13.0 Å². The van der Waals surface area contributed by atoms with Crippen molar-refractivity contribution >= 4 is 0 Å². The van der Waals surface area contributed by atoms with Gasteiger partial charge < -0.3 is 15.2 Å². The number of nitrogens with two attached hydrogens (primary N) is 1.